The number of rotatable bonds is 5. The Balaban J connectivity index is 1.52. The molecule has 0 radical (unpaired) electrons. The van der Waals surface area contributed by atoms with Gasteiger partial charge in [-0.1, -0.05) is 30.3 Å². The molecule has 1 amide bonds. The first-order valence-electron chi connectivity index (χ1n) is 10.0. The van der Waals surface area contributed by atoms with Crippen molar-refractivity contribution in [3.05, 3.63) is 99.2 Å². The van der Waals surface area contributed by atoms with E-state index in [4.69, 9.17) is 9.15 Å². The molecular weight excluding hydrogens is 390 g/mol. The van der Waals surface area contributed by atoms with Crippen molar-refractivity contribution >= 4 is 16.9 Å². The first-order chi connectivity index (χ1) is 14.9. The molecule has 4 rings (SSSR count). The molecule has 0 bridgehead atoms. The van der Waals surface area contributed by atoms with Crippen molar-refractivity contribution in [3.8, 4) is 17.1 Å². The summed E-state index contributed by atoms with van der Waals surface area (Å²) in [6.07, 6.45) is 0. The first-order valence-corrected chi connectivity index (χ1v) is 10.0. The highest BCUT2D eigenvalue weighted by Crippen LogP contribution is 2.25. The highest BCUT2D eigenvalue weighted by atomic mass is 16.5. The summed E-state index contributed by atoms with van der Waals surface area (Å²) in [5, 5.41) is 3.48. The van der Waals surface area contributed by atoms with E-state index in [1.54, 1.807) is 31.4 Å². The predicted molar refractivity (Wildman–Crippen MR) is 122 cm³/mol. The molecule has 31 heavy (non-hydrogen) atoms. The highest BCUT2D eigenvalue weighted by molar-refractivity contribution is 5.94. The summed E-state index contributed by atoms with van der Waals surface area (Å²) in [6.45, 7) is 4.30. The van der Waals surface area contributed by atoms with Crippen molar-refractivity contribution in [2.75, 3.05) is 7.11 Å². The van der Waals surface area contributed by atoms with Crippen LogP contribution in [-0.4, -0.2) is 13.0 Å². The van der Waals surface area contributed by atoms with Crippen molar-refractivity contribution in [1.29, 1.82) is 0 Å². The third-order valence-corrected chi connectivity index (χ3v) is 5.20. The molecule has 0 saturated heterocycles. The Labute approximate surface area is 180 Å². The normalized spacial score (nSPS) is 10.8. The Morgan fingerprint density at radius 1 is 0.968 bits per heavy atom. The van der Waals surface area contributed by atoms with Crippen molar-refractivity contribution in [1.82, 2.24) is 5.32 Å². The van der Waals surface area contributed by atoms with Crippen LogP contribution in [-0.2, 0) is 6.54 Å². The molecule has 3 aromatic carbocycles. The molecule has 4 aromatic rings. The molecule has 156 valence electrons. The Hall–Kier alpha value is -3.86. The van der Waals surface area contributed by atoms with Gasteiger partial charge in [-0.25, -0.2) is 0 Å². The van der Waals surface area contributed by atoms with E-state index in [1.807, 2.05) is 50.2 Å². The minimum Gasteiger partial charge on any atom is -0.497 e. The van der Waals surface area contributed by atoms with Crippen LogP contribution in [0.2, 0.25) is 0 Å². The lowest BCUT2D eigenvalue weighted by Gasteiger charge is -2.08. The molecule has 0 unspecified atom stereocenters. The molecule has 5 nitrogen and oxygen atoms in total. The molecule has 1 heterocycles. The van der Waals surface area contributed by atoms with Crippen LogP contribution < -0.4 is 15.5 Å². The summed E-state index contributed by atoms with van der Waals surface area (Å²) >= 11 is 0. The van der Waals surface area contributed by atoms with Crippen LogP contribution in [0.15, 0.2) is 75.9 Å². The number of hydrogen-bond acceptors (Lipinski definition) is 4. The van der Waals surface area contributed by atoms with Gasteiger partial charge < -0.3 is 14.5 Å². The zero-order valence-corrected chi connectivity index (χ0v) is 17.7. The maximum atomic E-state index is 12.6. The molecule has 5 heteroatoms. The van der Waals surface area contributed by atoms with Crippen molar-refractivity contribution < 1.29 is 13.9 Å². The minimum absolute atomic E-state index is 0.0793. The van der Waals surface area contributed by atoms with Gasteiger partial charge in [-0.3, -0.25) is 9.59 Å². The lowest BCUT2D eigenvalue weighted by Crippen LogP contribution is -2.22. The van der Waals surface area contributed by atoms with Crippen LogP contribution >= 0.6 is 0 Å². The van der Waals surface area contributed by atoms with Gasteiger partial charge in [0.05, 0.1) is 12.5 Å². The van der Waals surface area contributed by atoms with Crippen molar-refractivity contribution in [2.45, 2.75) is 20.4 Å². The number of amides is 1. The maximum Gasteiger partial charge on any atom is 0.251 e. The molecule has 0 fully saturated rings. The van der Waals surface area contributed by atoms with E-state index in [0.29, 0.717) is 28.8 Å². The predicted octanol–water partition coefficient (Wildman–Crippen LogP) is 5.02. The Morgan fingerprint density at radius 3 is 2.35 bits per heavy atom. The number of hydrogen-bond donors (Lipinski definition) is 1. The van der Waals surface area contributed by atoms with Crippen LogP contribution in [0.1, 0.15) is 27.0 Å². The monoisotopic (exact) mass is 413 g/mol. The molecule has 1 N–H and O–H groups in total. The second-order valence-electron chi connectivity index (χ2n) is 7.54. The fraction of sp³-hybridized carbons (Fsp3) is 0.154. The number of carbonyl (C=O) groups excluding carboxylic acids is 1. The van der Waals surface area contributed by atoms with Gasteiger partial charge in [0.25, 0.3) is 5.91 Å². The van der Waals surface area contributed by atoms with Gasteiger partial charge in [0.1, 0.15) is 17.1 Å². The number of methoxy groups -OCH3 is 1. The smallest absolute Gasteiger partial charge is 0.251 e. The van der Waals surface area contributed by atoms with Crippen LogP contribution in [0.3, 0.4) is 0 Å². The topological polar surface area (TPSA) is 68.5 Å². The largest absolute Gasteiger partial charge is 0.497 e. The summed E-state index contributed by atoms with van der Waals surface area (Å²) in [7, 11) is 1.62. The lowest BCUT2D eigenvalue weighted by molar-refractivity contribution is 0.0951. The molecule has 0 atom stereocenters. The van der Waals surface area contributed by atoms with E-state index in [0.717, 1.165) is 28.0 Å². The van der Waals surface area contributed by atoms with E-state index >= 15 is 0 Å². The SMILES string of the molecule is COc1ccc(CNC(=O)c2ccc(-c3cc(=O)c4cc(C)cc(C)c4o3)cc2)cc1. The average molecular weight is 413 g/mol. The summed E-state index contributed by atoms with van der Waals surface area (Å²) in [4.78, 5) is 25.1. The minimum atomic E-state index is -0.173. The Kier molecular flexibility index (Phi) is 5.58. The van der Waals surface area contributed by atoms with Crippen LogP contribution in [0.25, 0.3) is 22.3 Å². The van der Waals surface area contributed by atoms with Gasteiger partial charge in [-0.05, 0) is 60.9 Å². The van der Waals surface area contributed by atoms with E-state index in [9.17, 15) is 9.59 Å². The quantitative estimate of drug-likeness (QED) is 0.499. The summed E-state index contributed by atoms with van der Waals surface area (Å²) in [6, 6.07) is 19.9. The third-order valence-electron chi connectivity index (χ3n) is 5.20. The van der Waals surface area contributed by atoms with Crippen molar-refractivity contribution in [2.24, 2.45) is 0 Å². The lowest BCUT2D eigenvalue weighted by atomic mass is 10.1. The summed E-state index contributed by atoms with van der Waals surface area (Å²) in [5.41, 5.74) is 4.71. The fourth-order valence-electron chi connectivity index (χ4n) is 3.57. The molecule has 0 saturated carbocycles. The molecule has 0 spiro atoms. The van der Waals surface area contributed by atoms with Crippen LogP contribution in [0.4, 0.5) is 0 Å². The number of fused-ring (bicyclic) bond motifs is 1. The Bertz CT molecular complexity index is 1300. The van der Waals surface area contributed by atoms with E-state index in [2.05, 4.69) is 5.32 Å². The van der Waals surface area contributed by atoms with Gasteiger partial charge in [-0.2, -0.15) is 0 Å². The number of nitrogens with one attached hydrogen (secondary N) is 1. The maximum absolute atomic E-state index is 12.6. The van der Waals surface area contributed by atoms with E-state index < -0.39 is 0 Å². The average Bonchev–Trinajstić information content (AvgIpc) is 2.78. The van der Waals surface area contributed by atoms with Crippen molar-refractivity contribution in [3.63, 3.8) is 0 Å². The number of aryl methyl sites for hydroxylation is 2. The fourth-order valence-corrected chi connectivity index (χ4v) is 3.57. The standard InChI is InChI=1S/C26H23NO4/c1-16-12-17(2)25-22(13-16)23(28)14-24(31-25)19-6-8-20(9-7-19)26(29)27-15-18-4-10-21(30-3)11-5-18/h4-14H,15H2,1-3H3,(H,27,29). The van der Waals surface area contributed by atoms with Gasteiger partial charge in [0, 0.05) is 23.7 Å². The first kappa shape index (κ1) is 20.4. The number of carbonyl (C=O) groups is 1. The number of ether oxygens (including phenoxy) is 1. The third kappa shape index (κ3) is 4.36. The van der Waals surface area contributed by atoms with Gasteiger partial charge in [0.15, 0.2) is 5.43 Å². The molecule has 1 aromatic heterocycles. The number of benzene rings is 3. The zero-order chi connectivity index (χ0) is 22.0. The second-order valence-corrected chi connectivity index (χ2v) is 7.54. The van der Waals surface area contributed by atoms with Gasteiger partial charge in [-0.15, -0.1) is 0 Å². The van der Waals surface area contributed by atoms with Gasteiger partial charge >= 0.3 is 0 Å². The molecule has 0 aliphatic carbocycles. The summed E-state index contributed by atoms with van der Waals surface area (Å²) in [5.74, 6) is 1.08. The van der Waals surface area contributed by atoms with Crippen LogP contribution in [0.5, 0.6) is 5.75 Å². The molecular formula is C26H23NO4. The van der Waals surface area contributed by atoms with E-state index in [-0.39, 0.29) is 11.3 Å². The van der Waals surface area contributed by atoms with Crippen LogP contribution in [0, 0.1) is 13.8 Å². The van der Waals surface area contributed by atoms with E-state index in [1.165, 1.54) is 6.07 Å². The molecule has 0 aliphatic rings. The Morgan fingerprint density at radius 2 is 1.68 bits per heavy atom. The highest BCUT2D eigenvalue weighted by Gasteiger charge is 2.11. The zero-order valence-electron chi connectivity index (χ0n) is 17.7. The molecule has 0 aliphatic heterocycles. The second kappa shape index (κ2) is 8.48. The van der Waals surface area contributed by atoms with Gasteiger partial charge in [0.2, 0.25) is 0 Å². The summed E-state index contributed by atoms with van der Waals surface area (Å²) < 4.78 is 11.2.